The van der Waals surface area contributed by atoms with Crippen molar-refractivity contribution in [2.75, 3.05) is 18.2 Å². The Balaban J connectivity index is 2.53. The minimum atomic E-state index is -3.77. The summed E-state index contributed by atoms with van der Waals surface area (Å²) in [6.07, 6.45) is 2.71. The van der Waals surface area contributed by atoms with Gasteiger partial charge in [0.2, 0.25) is 15.0 Å². The number of esters is 1. The van der Waals surface area contributed by atoms with E-state index in [-0.39, 0.29) is 27.0 Å². The number of allylic oxidation sites excluding steroid dienone is 2. The number of nitrogens with one attached hydrogen (secondary N) is 1. The van der Waals surface area contributed by atoms with Gasteiger partial charge in [0.1, 0.15) is 5.00 Å². The standard InChI is InChI=1S/C19H19ClN4O5S2/c1-5-8-31(27,28)19-22-9-12(20)14(23-19)16(25)24-17-13(18(26)29-4)11(3)15(30-17)10(2)6-7-21/h6,9H,5,8H2,1-4H3,(H,24,25)/b10-6+. The molecule has 0 aliphatic carbocycles. The molecule has 31 heavy (non-hydrogen) atoms. The average Bonchev–Trinajstić information content (AvgIpc) is 3.03. The lowest BCUT2D eigenvalue weighted by molar-refractivity contribution is 0.0601. The minimum Gasteiger partial charge on any atom is -0.465 e. The number of nitriles is 1. The number of ether oxygens (including phenoxy) is 1. The van der Waals surface area contributed by atoms with E-state index < -0.39 is 26.9 Å². The Hall–Kier alpha value is -2.81. The van der Waals surface area contributed by atoms with Gasteiger partial charge in [0, 0.05) is 11.0 Å². The molecule has 0 saturated carbocycles. The summed E-state index contributed by atoms with van der Waals surface area (Å²) in [6, 6.07) is 1.92. The van der Waals surface area contributed by atoms with Crippen molar-refractivity contribution >= 4 is 55.2 Å². The highest BCUT2D eigenvalue weighted by atomic mass is 35.5. The number of carbonyl (C=O) groups excluding carboxylic acids is 2. The van der Waals surface area contributed by atoms with E-state index in [1.165, 1.54) is 13.2 Å². The number of carbonyl (C=O) groups is 2. The van der Waals surface area contributed by atoms with Crippen molar-refractivity contribution < 1.29 is 22.7 Å². The van der Waals surface area contributed by atoms with Gasteiger partial charge < -0.3 is 10.1 Å². The molecule has 0 aliphatic heterocycles. The molecule has 0 fully saturated rings. The number of aromatic nitrogens is 2. The third-order valence-corrected chi connectivity index (χ3v) is 7.41. The zero-order valence-electron chi connectivity index (χ0n) is 17.1. The van der Waals surface area contributed by atoms with E-state index in [0.29, 0.717) is 22.4 Å². The fraction of sp³-hybridized carbons (Fsp3) is 0.316. The fourth-order valence-corrected chi connectivity index (χ4v) is 5.17. The van der Waals surface area contributed by atoms with Gasteiger partial charge in [-0.25, -0.2) is 23.2 Å². The van der Waals surface area contributed by atoms with Gasteiger partial charge in [0.05, 0.1) is 35.7 Å². The Kier molecular flexibility index (Phi) is 7.89. The molecule has 0 atom stereocenters. The van der Waals surface area contributed by atoms with Crippen LogP contribution in [0.25, 0.3) is 5.57 Å². The molecule has 1 amide bonds. The first-order valence-electron chi connectivity index (χ1n) is 8.92. The quantitative estimate of drug-likeness (QED) is 0.358. The molecule has 2 aromatic heterocycles. The molecule has 12 heteroatoms. The van der Waals surface area contributed by atoms with Crippen LogP contribution in [0.4, 0.5) is 5.00 Å². The first-order chi connectivity index (χ1) is 14.6. The Morgan fingerprint density at radius 3 is 2.68 bits per heavy atom. The highest BCUT2D eigenvalue weighted by molar-refractivity contribution is 7.91. The number of anilines is 1. The average molecular weight is 483 g/mol. The monoisotopic (exact) mass is 482 g/mol. The number of sulfone groups is 1. The maximum atomic E-state index is 12.9. The summed E-state index contributed by atoms with van der Waals surface area (Å²) < 4.78 is 29.3. The third-order valence-electron chi connectivity index (χ3n) is 4.09. The van der Waals surface area contributed by atoms with E-state index in [4.69, 9.17) is 21.6 Å². The van der Waals surface area contributed by atoms with Gasteiger partial charge in [-0.2, -0.15) is 5.26 Å². The Morgan fingerprint density at radius 1 is 1.42 bits per heavy atom. The third kappa shape index (κ3) is 5.28. The van der Waals surface area contributed by atoms with E-state index in [0.717, 1.165) is 17.5 Å². The molecule has 0 aromatic carbocycles. The summed E-state index contributed by atoms with van der Waals surface area (Å²) in [5, 5.41) is 11.0. The van der Waals surface area contributed by atoms with Crippen LogP contribution in [0.2, 0.25) is 5.02 Å². The molecule has 1 N–H and O–H groups in total. The van der Waals surface area contributed by atoms with Crippen LogP contribution in [-0.4, -0.2) is 43.1 Å². The number of hydrogen-bond acceptors (Lipinski definition) is 9. The zero-order chi connectivity index (χ0) is 23.3. The van der Waals surface area contributed by atoms with Crippen LogP contribution in [0.3, 0.4) is 0 Å². The van der Waals surface area contributed by atoms with Crippen molar-refractivity contribution in [1.29, 1.82) is 5.26 Å². The molecule has 2 rings (SSSR count). The number of thiophene rings is 1. The summed E-state index contributed by atoms with van der Waals surface area (Å²) in [4.78, 5) is 33.3. The predicted octanol–water partition coefficient (Wildman–Crippen LogP) is 3.65. The summed E-state index contributed by atoms with van der Waals surface area (Å²) in [5.74, 6) is -1.68. The Labute approximate surface area is 188 Å². The molecule has 0 radical (unpaired) electrons. The fourth-order valence-electron chi connectivity index (χ4n) is 2.67. The number of nitrogens with zero attached hydrogens (tertiary/aromatic N) is 3. The van der Waals surface area contributed by atoms with Crippen molar-refractivity contribution in [2.45, 2.75) is 32.3 Å². The van der Waals surface area contributed by atoms with Crippen LogP contribution in [0.1, 0.15) is 51.6 Å². The van der Waals surface area contributed by atoms with E-state index in [1.54, 1.807) is 20.8 Å². The predicted molar refractivity (Wildman–Crippen MR) is 117 cm³/mol. The molecular weight excluding hydrogens is 464 g/mol. The van der Waals surface area contributed by atoms with Gasteiger partial charge >= 0.3 is 5.97 Å². The molecule has 0 saturated heterocycles. The summed E-state index contributed by atoms with van der Waals surface area (Å²) in [7, 11) is -2.57. The van der Waals surface area contributed by atoms with E-state index in [9.17, 15) is 18.0 Å². The largest absolute Gasteiger partial charge is 0.465 e. The smallest absolute Gasteiger partial charge is 0.341 e. The van der Waals surface area contributed by atoms with Gasteiger partial charge in [-0.15, -0.1) is 11.3 Å². The van der Waals surface area contributed by atoms with Crippen LogP contribution in [0, 0.1) is 18.3 Å². The maximum absolute atomic E-state index is 12.9. The first-order valence-corrected chi connectivity index (χ1v) is 11.8. The zero-order valence-corrected chi connectivity index (χ0v) is 19.5. The summed E-state index contributed by atoms with van der Waals surface area (Å²) >= 11 is 7.10. The van der Waals surface area contributed by atoms with Crippen molar-refractivity contribution in [2.24, 2.45) is 0 Å². The Morgan fingerprint density at radius 2 is 2.10 bits per heavy atom. The lowest BCUT2D eigenvalue weighted by atomic mass is 10.1. The minimum absolute atomic E-state index is 0.116. The second kappa shape index (κ2) is 10.00. The summed E-state index contributed by atoms with van der Waals surface area (Å²) in [5.41, 5.74) is 0.893. The van der Waals surface area contributed by atoms with Crippen LogP contribution >= 0.6 is 22.9 Å². The number of amides is 1. The van der Waals surface area contributed by atoms with Crippen LogP contribution < -0.4 is 5.32 Å². The van der Waals surface area contributed by atoms with Crippen LogP contribution in [0.15, 0.2) is 17.4 Å². The summed E-state index contributed by atoms with van der Waals surface area (Å²) in [6.45, 7) is 5.05. The molecule has 0 unspecified atom stereocenters. The van der Waals surface area contributed by atoms with Crippen LogP contribution in [0.5, 0.6) is 0 Å². The van der Waals surface area contributed by atoms with Crippen molar-refractivity contribution in [3.05, 3.63) is 39.0 Å². The maximum Gasteiger partial charge on any atom is 0.341 e. The van der Waals surface area contributed by atoms with E-state index in [2.05, 4.69) is 15.3 Å². The molecule has 0 bridgehead atoms. The molecule has 0 spiro atoms. The van der Waals surface area contributed by atoms with E-state index >= 15 is 0 Å². The second-order valence-corrected chi connectivity index (χ2v) is 9.76. The molecule has 2 aromatic rings. The Bertz CT molecular complexity index is 1210. The molecule has 164 valence electrons. The first kappa shape index (κ1) is 24.5. The second-order valence-electron chi connectivity index (χ2n) is 6.33. The number of hydrogen-bond donors (Lipinski definition) is 1. The topological polar surface area (TPSA) is 139 Å². The SMILES string of the molecule is CCCS(=O)(=O)c1ncc(Cl)c(C(=O)Nc2sc(/C(C)=C/C#N)c(C)c2C(=O)OC)n1. The lowest BCUT2D eigenvalue weighted by Gasteiger charge is -2.08. The van der Waals surface area contributed by atoms with Gasteiger partial charge in [0.25, 0.3) is 5.91 Å². The molecule has 0 aliphatic rings. The van der Waals surface area contributed by atoms with E-state index in [1.807, 2.05) is 6.07 Å². The molecular formula is C19H19ClN4O5S2. The van der Waals surface area contributed by atoms with Crippen molar-refractivity contribution in [3.8, 4) is 6.07 Å². The van der Waals surface area contributed by atoms with Gasteiger partial charge in [0.15, 0.2) is 5.69 Å². The molecule has 9 nitrogen and oxygen atoms in total. The van der Waals surface area contributed by atoms with Crippen molar-refractivity contribution in [3.63, 3.8) is 0 Å². The highest BCUT2D eigenvalue weighted by Crippen LogP contribution is 2.38. The normalized spacial score (nSPS) is 11.7. The van der Waals surface area contributed by atoms with Gasteiger partial charge in [-0.05, 0) is 31.4 Å². The number of methoxy groups -OCH3 is 1. The molecule has 2 heterocycles. The van der Waals surface area contributed by atoms with Gasteiger partial charge in [-0.1, -0.05) is 18.5 Å². The number of rotatable bonds is 7. The highest BCUT2D eigenvalue weighted by Gasteiger charge is 2.26. The van der Waals surface area contributed by atoms with Gasteiger partial charge in [-0.3, -0.25) is 4.79 Å². The van der Waals surface area contributed by atoms with Crippen molar-refractivity contribution in [1.82, 2.24) is 9.97 Å². The lowest BCUT2D eigenvalue weighted by Crippen LogP contribution is -2.19. The number of halogens is 1. The van der Waals surface area contributed by atoms with Crippen LogP contribution in [-0.2, 0) is 14.6 Å².